The Hall–Kier alpha value is -7.69. The summed E-state index contributed by atoms with van der Waals surface area (Å²) >= 11 is 1.87. The summed E-state index contributed by atoms with van der Waals surface area (Å²) in [4.78, 5) is 150. The lowest BCUT2D eigenvalue weighted by Crippen LogP contribution is -2.50. The number of hydrogen-bond donors (Lipinski definition) is 9. The topological polar surface area (TPSA) is 385 Å². The van der Waals surface area contributed by atoms with Crippen molar-refractivity contribution in [1.82, 2.24) is 66.8 Å². The number of aromatic nitrogens is 7. The molecule has 498 valence electrons. The zero-order valence-electron chi connectivity index (χ0n) is 52.8. The van der Waals surface area contributed by atoms with E-state index in [0.29, 0.717) is 79.8 Å². The quantitative estimate of drug-likeness (QED) is 0.0306. The Balaban J connectivity index is 0.00000652. The molecule has 0 radical (unpaired) electrons. The fourth-order valence-electron chi connectivity index (χ4n) is 11.2. The first kappa shape index (κ1) is 72.4. The van der Waals surface area contributed by atoms with Gasteiger partial charge in [0, 0.05) is 105 Å². The number of amides is 7. The van der Waals surface area contributed by atoms with E-state index in [2.05, 4.69) is 62.1 Å². The third-order valence-corrected chi connectivity index (χ3v) is 17.5. The van der Waals surface area contributed by atoms with Gasteiger partial charge in [0.1, 0.15) is 18.4 Å². The van der Waals surface area contributed by atoms with E-state index in [-0.39, 0.29) is 95.3 Å². The number of thioether (sulfide) groups is 1. The van der Waals surface area contributed by atoms with Crippen LogP contribution in [-0.2, 0) is 89.6 Å². The molecule has 1 aromatic carbocycles. The van der Waals surface area contributed by atoms with E-state index in [1.807, 2.05) is 31.7 Å². The number of nitrogens with zero attached hydrogens (tertiary/aromatic N) is 5. The number of primary amides is 1. The number of nitrogens with two attached hydrogens (primary N) is 1. The van der Waals surface area contributed by atoms with Crippen molar-refractivity contribution in [2.24, 2.45) is 29.4 Å². The molecule has 28 heteroatoms. The van der Waals surface area contributed by atoms with E-state index < -0.39 is 102 Å². The molecular formula is C63H92N14O13S. The van der Waals surface area contributed by atoms with Gasteiger partial charge in [-0.05, 0) is 56.4 Å². The minimum absolute atomic E-state index is 0.00711. The highest BCUT2D eigenvalue weighted by Crippen LogP contribution is 2.33. The molecule has 7 amide bonds. The van der Waals surface area contributed by atoms with Crippen LogP contribution in [0.5, 0.6) is 0 Å². The SMILES string of the molecule is CC.CC(C)[C@H]1NC(=O)[C@@H](Cc2cnc[nH]2)CC(=O)[C@@H](Cc2ccccc2)NC(=O)[C@@H](CC(=O)COCCOCCOCCCC(=O)CCCC[C@H]2SC[C@H]3NC(=O)N[C@H]32)Cc2cn(nn2)CCCC[C@@H](C(N)=O)NC(=O)CNC(=O)[C@@H](Cc2cnc[nH]2)CC1=O. The van der Waals surface area contributed by atoms with Crippen molar-refractivity contribution >= 4 is 70.5 Å². The lowest BCUT2D eigenvalue weighted by Gasteiger charge is -2.27. The minimum atomic E-state index is -1.19. The first-order valence-electron chi connectivity index (χ1n) is 31.8. The molecule has 3 aliphatic heterocycles. The Morgan fingerprint density at radius 2 is 1.36 bits per heavy atom. The van der Waals surface area contributed by atoms with Crippen LogP contribution in [0.4, 0.5) is 4.79 Å². The van der Waals surface area contributed by atoms with Gasteiger partial charge in [-0.2, -0.15) is 11.8 Å². The summed E-state index contributed by atoms with van der Waals surface area (Å²) in [5, 5.41) is 25.9. The number of carbonyl (C=O) groups is 10. The van der Waals surface area contributed by atoms with E-state index in [9.17, 15) is 47.9 Å². The Morgan fingerprint density at radius 1 is 0.703 bits per heavy atom. The third-order valence-electron chi connectivity index (χ3n) is 16.0. The van der Waals surface area contributed by atoms with Crippen molar-refractivity contribution in [2.45, 2.75) is 172 Å². The van der Waals surface area contributed by atoms with E-state index in [0.717, 1.165) is 25.0 Å². The number of Topliss-reactive ketones (excluding diaryl/α,β-unsaturated/α-hetero) is 4. The average Bonchev–Trinajstić information content (AvgIpc) is 2.55. The van der Waals surface area contributed by atoms with Gasteiger partial charge >= 0.3 is 6.03 Å². The maximum atomic E-state index is 14.8. The number of H-pyrrole nitrogens is 2. The van der Waals surface area contributed by atoms with Gasteiger partial charge in [-0.15, -0.1) is 5.10 Å². The van der Waals surface area contributed by atoms with E-state index in [1.165, 1.54) is 25.0 Å². The van der Waals surface area contributed by atoms with Crippen LogP contribution in [-0.4, -0.2) is 181 Å². The van der Waals surface area contributed by atoms with Crippen LogP contribution in [0, 0.1) is 23.7 Å². The second kappa shape index (κ2) is 38.9. The van der Waals surface area contributed by atoms with Crippen molar-refractivity contribution in [2.75, 3.05) is 51.9 Å². The van der Waals surface area contributed by atoms with Gasteiger partial charge in [-0.1, -0.05) is 69.7 Å². The molecular weight excluding hydrogens is 1190 g/mol. The maximum Gasteiger partial charge on any atom is 0.315 e. The van der Waals surface area contributed by atoms with Crippen molar-refractivity contribution < 1.29 is 62.2 Å². The summed E-state index contributed by atoms with van der Waals surface area (Å²) in [5.74, 6) is -7.35. The molecule has 0 unspecified atom stereocenters. The highest BCUT2D eigenvalue weighted by Gasteiger charge is 2.43. The van der Waals surface area contributed by atoms with Gasteiger partial charge in [0.2, 0.25) is 29.5 Å². The number of nitrogens with one attached hydrogen (secondary N) is 8. The molecule has 2 saturated heterocycles. The zero-order chi connectivity index (χ0) is 65.5. The number of urea groups is 1. The number of fused-ring (bicyclic) bond motifs is 3. The van der Waals surface area contributed by atoms with Crippen molar-refractivity contribution in [3.63, 3.8) is 0 Å². The molecule has 2 bridgehead atoms. The number of ether oxygens (including phenoxy) is 3. The highest BCUT2D eigenvalue weighted by atomic mass is 32.2. The Bertz CT molecular complexity index is 2950. The average molecular weight is 1290 g/mol. The Kier molecular flexibility index (Phi) is 30.9. The number of hydrogen-bond acceptors (Lipinski definition) is 18. The van der Waals surface area contributed by atoms with Crippen LogP contribution in [0.1, 0.15) is 127 Å². The number of aromatic amines is 2. The normalized spacial score (nSPS) is 23.3. The molecule has 0 saturated carbocycles. The molecule has 91 heavy (non-hydrogen) atoms. The summed E-state index contributed by atoms with van der Waals surface area (Å²) in [6.07, 6.45) is 11.7. The second-order valence-corrected chi connectivity index (χ2v) is 24.7. The predicted octanol–water partition coefficient (Wildman–Crippen LogP) is 2.77. The first-order valence-corrected chi connectivity index (χ1v) is 32.9. The van der Waals surface area contributed by atoms with Gasteiger partial charge in [0.15, 0.2) is 17.3 Å². The molecule has 10 N–H and O–H groups in total. The van der Waals surface area contributed by atoms with Gasteiger partial charge in [0.05, 0.1) is 93.2 Å². The summed E-state index contributed by atoms with van der Waals surface area (Å²) in [5.41, 5.74) is 7.82. The third kappa shape index (κ3) is 25.1. The molecule has 0 aliphatic carbocycles. The second-order valence-electron chi connectivity index (χ2n) is 23.4. The number of aryl methyl sites for hydroxylation is 1. The zero-order valence-corrected chi connectivity index (χ0v) is 53.6. The largest absolute Gasteiger partial charge is 0.379 e. The predicted molar refractivity (Wildman–Crippen MR) is 336 cm³/mol. The van der Waals surface area contributed by atoms with E-state index in [1.54, 1.807) is 49.0 Å². The van der Waals surface area contributed by atoms with Crippen LogP contribution >= 0.6 is 11.8 Å². The number of unbranched alkanes of at least 4 members (excludes halogenated alkanes) is 1. The maximum absolute atomic E-state index is 14.8. The van der Waals surface area contributed by atoms with Crippen molar-refractivity contribution in [3.8, 4) is 0 Å². The number of rotatable bonds is 27. The summed E-state index contributed by atoms with van der Waals surface area (Å²) in [7, 11) is 0. The fraction of sp³-hybridized carbons (Fsp3) is 0.619. The number of benzene rings is 1. The Labute approximate surface area is 535 Å². The van der Waals surface area contributed by atoms with Crippen LogP contribution < -0.4 is 37.6 Å². The standard InChI is InChI=1S/C61H86N14O13S.C2H6/c1-38(2)55-52(79)29-41(24-43-30-63-36-66-43)58(82)65-32-54(80)68-48(57(62)81)15-8-9-17-75-33-45(73-74-75)26-40(59(83)69-49(23-39-11-4-3-5-12-39)51(78)28-42(60(84)71-55)25-44-31-64-37-67-44)27-47(77)34-88-22-21-87-20-19-86-18-10-14-46(76)13-6-7-16-53-56-50(35-89-53)70-61(85)72-56;1-2/h3-5,11-12,30-31,33,36-38,40-42,48-50,53,55-56H,6-10,13-29,32,34-35H2,1-2H3,(H2,62,81)(H,63,66)(H,64,67)(H,65,82)(H,68,80)(H,69,83)(H,71,84)(H2,70,72,85);1-2H3/t40-,41+,42+,48+,49-,50-,53-,55-,56-;/m1./s1. The fourth-order valence-corrected chi connectivity index (χ4v) is 12.7. The Morgan fingerprint density at radius 3 is 2.04 bits per heavy atom. The monoisotopic (exact) mass is 1280 g/mol. The van der Waals surface area contributed by atoms with Gasteiger partial charge in [-0.3, -0.25) is 47.8 Å². The lowest BCUT2D eigenvalue weighted by molar-refractivity contribution is -0.136. The minimum Gasteiger partial charge on any atom is -0.379 e. The summed E-state index contributed by atoms with van der Waals surface area (Å²) in [6.45, 7) is 8.12. The van der Waals surface area contributed by atoms with Gasteiger partial charge in [0.25, 0.3) is 0 Å². The van der Waals surface area contributed by atoms with E-state index in [4.69, 9.17) is 19.9 Å². The van der Waals surface area contributed by atoms with Gasteiger partial charge < -0.3 is 61.8 Å². The van der Waals surface area contributed by atoms with Gasteiger partial charge in [-0.25, -0.2) is 14.8 Å². The molecule has 0 spiro atoms. The lowest BCUT2D eigenvalue weighted by atomic mass is 9.87. The number of imidazole rings is 2. The molecule has 6 heterocycles. The first-order chi connectivity index (χ1) is 44.0. The molecule has 27 nitrogen and oxygen atoms in total. The smallest absolute Gasteiger partial charge is 0.315 e. The summed E-state index contributed by atoms with van der Waals surface area (Å²) in [6, 6.07) is 5.87. The van der Waals surface area contributed by atoms with Crippen LogP contribution in [0.25, 0.3) is 0 Å². The molecule has 7 rings (SSSR count). The van der Waals surface area contributed by atoms with Crippen molar-refractivity contribution in [1.29, 1.82) is 0 Å². The molecule has 2 fully saturated rings. The number of carbonyl (C=O) groups excluding carboxylic acids is 10. The summed E-state index contributed by atoms with van der Waals surface area (Å²) < 4.78 is 18.6. The number of ketones is 4. The van der Waals surface area contributed by atoms with Crippen LogP contribution in [0.2, 0.25) is 0 Å². The highest BCUT2D eigenvalue weighted by molar-refractivity contribution is 8.00. The van der Waals surface area contributed by atoms with Crippen LogP contribution in [0.3, 0.4) is 0 Å². The molecule has 3 aromatic heterocycles. The molecule has 9 atom stereocenters. The molecule has 3 aliphatic rings. The van der Waals surface area contributed by atoms with Crippen molar-refractivity contribution in [3.05, 3.63) is 84.2 Å². The van der Waals surface area contributed by atoms with E-state index >= 15 is 0 Å². The van der Waals surface area contributed by atoms with Crippen LogP contribution in [0.15, 0.2) is 61.6 Å². The molecule has 4 aromatic rings.